The molecule has 29 heavy (non-hydrogen) atoms. The van der Waals surface area contributed by atoms with Gasteiger partial charge in [0.1, 0.15) is 5.75 Å². The maximum Gasteiger partial charge on any atom is 0.416 e. The smallest absolute Gasteiger partial charge is 0.416 e. The highest BCUT2D eigenvalue weighted by atomic mass is 32.2. The highest BCUT2D eigenvalue weighted by Gasteiger charge is 2.36. The number of thioether (sulfide) groups is 1. The first kappa shape index (κ1) is 20.9. The molecule has 1 fully saturated rings. The van der Waals surface area contributed by atoms with Gasteiger partial charge in [-0.05, 0) is 30.3 Å². The number of hydrogen-bond donors (Lipinski definition) is 1. The molecule has 0 bridgehead atoms. The molecule has 2 amide bonds. The van der Waals surface area contributed by atoms with Crippen LogP contribution in [0.2, 0.25) is 0 Å². The molecular formula is C19H13F3N2O3S2. The van der Waals surface area contributed by atoms with Crippen LogP contribution in [0.25, 0.3) is 6.08 Å². The SMILES string of the molecule is NC(=O)COc1ccccc1/C=C1\SC(=S)N(c2cccc(C(F)(F)F)c2)C1=O. The second-order valence-electron chi connectivity index (χ2n) is 5.86. The van der Waals surface area contributed by atoms with Crippen molar-refractivity contribution in [1.82, 2.24) is 0 Å². The molecule has 1 aliphatic heterocycles. The average Bonchev–Trinajstić information content (AvgIpc) is 2.93. The molecule has 10 heteroatoms. The van der Waals surface area contributed by atoms with Crippen LogP contribution >= 0.6 is 24.0 Å². The molecule has 0 saturated carbocycles. The average molecular weight is 438 g/mol. The van der Waals surface area contributed by atoms with Crippen LogP contribution in [0.5, 0.6) is 5.75 Å². The second kappa shape index (κ2) is 8.26. The van der Waals surface area contributed by atoms with Crippen molar-refractivity contribution < 1.29 is 27.5 Å². The number of nitrogens with two attached hydrogens (primary N) is 1. The fourth-order valence-electron chi connectivity index (χ4n) is 2.53. The molecule has 0 aromatic heterocycles. The van der Waals surface area contributed by atoms with E-state index in [1.807, 2.05) is 0 Å². The summed E-state index contributed by atoms with van der Waals surface area (Å²) in [6, 6.07) is 11.0. The Hall–Kier alpha value is -2.85. The van der Waals surface area contributed by atoms with Crippen LogP contribution in [0, 0.1) is 0 Å². The number of alkyl halides is 3. The molecule has 0 spiro atoms. The number of primary amides is 1. The number of anilines is 1. The number of halogens is 3. The molecule has 0 atom stereocenters. The van der Waals surface area contributed by atoms with Gasteiger partial charge in [-0.25, -0.2) is 0 Å². The maximum atomic E-state index is 13.0. The minimum Gasteiger partial charge on any atom is -0.483 e. The van der Waals surface area contributed by atoms with Gasteiger partial charge < -0.3 is 10.5 Å². The van der Waals surface area contributed by atoms with Gasteiger partial charge in [0.2, 0.25) is 0 Å². The zero-order valence-corrected chi connectivity index (χ0v) is 16.2. The number of benzene rings is 2. The van der Waals surface area contributed by atoms with E-state index < -0.39 is 23.6 Å². The molecule has 1 saturated heterocycles. The summed E-state index contributed by atoms with van der Waals surface area (Å²) in [6.45, 7) is -0.337. The van der Waals surface area contributed by atoms with E-state index in [9.17, 15) is 22.8 Å². The zero-order valence-electron chi connectivity index (χ0n) is 14.6. The molecule has 5 nitrogen and oxygen atoms in total. The Morgan fingerprint density at radius 1 is 1.21 bits per heavy atom. The number of nitrogens with zero attached hydrogens (tertiary/aromatic N) is 1. The number of para-hydroxylation sites is 1. The minimum atomic E-state index is -4.54. The number of rotatable bonds is 5. The van der Waals surface area contributed by atoms with E-state index >= 15 is 0 Å². The number of amides is 2. The van der Waals surface area contributed by atoms with E-state index in [0.29, 0.717) is 11.3 Å². The number of hydrogen-bond acceptors (Lipinski definition) is 5. The van der Waals surface area contributed by atoms with Crippen LogP contribution < -0.4 is 15.4 Å². The van der Waals surface area contributed by atoms with Gasteiger partial charge in [0, 0.05) is 5.56 Å². The Morgan fingerprint density at radius 2 is 1.93 bits per heavy atom. The summed E-state index contributed by atoms with van der Waals surface area (Å²) in [5, 5.41) is 0. The quantitative estimate of drug-likeness (QED) is 0.565. The van der Waals surface area contributed by atoms with Crippen molar-refractivity contribution in [3.05, 3.63) is 64.6 Å². The molecular weight excluding hydrogens is 425 g/mol. The van der Waals surface area contributed by atoms with E-state index in [0.717, 1.165) is 28.8 Å². The van der Waals surface area contributed by atoms with E-state index in [1.165, 1.54) is 18.2 Å². The normalized spacial score (nSPS) is 15.8. The fourth-order valence-corrected chi connectivity index (χ4v) is 3.82. The second-order valence-corrected chi connectivity index (χ2v) is 7.53. The van der Waals surface area contributed by atoms with Gasteiger partial charge in [-0.3, -0.25) is 14.5 Å². The first-order valence-electron chi connectivity index (χ1n) is 8.12. The lowest BCUT2D eigenvalue weighted by molar-refractivity contribution is -0.137. The number of ether oxygens (including phenoxy) is 1. The topological polar surface area (TPSA) is 72.6 Å². The third kappa shape index (κ3) is 4.77. The van der Waals surface area contributed by atoms with Gasteiger partial charge in [0.25, 0.3) is 11.8 Å². The molecule has 2 aromatic rings. The number of carbonyl (C=O) groups excluding carboxylic acids is 2. The van der Waals surface area contributed by atoms with Crippen molar-refractivity contribution in [1.29, 1.82) is 0 Å². The third-order valence-electron chi connectivity index (χ3n) is 3.80. The molecule has 0 unspecified atom stereocenters. The monoisotopic (exact) mass is 438 g/mol. The van der Waals surface area contributed by atoms with Gasteiger partial charge in [-0.15, -0.1) is 0 Å². The predicted molar refractivity (Wildman–Crippen MR) is 108 cm³/mol. The van der Waals surface area contributed by atoms with Crippen LogP contribution in [0.4, 0.5) is 18.9 Å². The Morgan fingerprint density at radius 3 is 2.62 bits per heavy atom. The van der Waals surface area contributed by atoms with Crippen molar-refractivity contribution in [3.63, 3.8) is 0 Å². The van der Waals surface area contributed by atoms with Crippen LogP contribution in [0.1, 0.15) is 11.1 Å². The minimum absolute atomic E-state index is 0.0315. The highest BCUT2D eigenvalue weighted by molar-refractivity contribution is 8.27. The number of thiocarbonyl (C=S) groups is 1. The predicted octanol–water partition coefficient (Wildman–Crippen LogP) is 3.98. The van der Waals surface area contributed by atoms with Gasteiger partial charge in [0.05, 0.1) is 16.2 Å². The van der Waals surface area contributed by atoms with E-state index in [4.69, 9.17) is 22.7 Å². The largest absolute Gasteiger partial charge is 0.483 e. The van der Waals surface area contributed by atoms with Crippen molar-refractivity contribution in [2.75, 3.05) is 11.5 Å². The standard InChI is InChI=1S/C19H13F3N2O3S2/c20-19(21,22)12-5-3-6-13(9-12)24-17(26)15(29-18(24)28)8-11-4-1-2-7-14(11)27-10-16(23)25/h1-9H,10H2,(H2,23,25)/b15-8-. The summed E-state index contributed by atoms with van der Waals surface area (Å²) >= 11 is 6.16. The summed E-state index contributed by atoms with van der Waals surface area (Å²) in [6.07, 6.45) is -3.04. The Labute approximate surface area is 173 Å². The lowest BCUT2D eigenvalue weighted by atomic mass is 10.1. The van der Waals surface area contributed by atoms with E-state index in [1.54, 1.807) is 24.3 Å². The first-order valence-corrected chi connectivity index (χ1v) is 9.34. The summed E-state index contributed by atoms with van der Waals surface area (Å²) in [7, 11) is 0. The first-order chi connectivity index (χ1) is 13.7. The molecule has 0 radical (unpaired) electrons. The maximum absolute atomic E-state index is 13.0. The summed E-state index contributed by atoms with van der Waals surface area (Å²) < 4.78 is 44.4. The van der Waals surface area contributed by atoms with E-state index in [2.05, 4.69) is 0 Å². The Balaban J connectivity index is 1.91. The van der Waals surface area contributed by atoms with Crippen molar-refractivity contribution >= 4 is 51.9 Å². The van der Waals surface area contributed by atoms with Crippen molar-refractivity contribution in [2.24, 2.45) is 5.73 Å². The zero-order chi connectivity index (χ0) is 21.2. The highest BCUT2D eigenvalue weighted by Crippen LogP contribution is 2.39. The van der Waals surface area contributed by atoms with E-state index in [-0.39, 0.29) is 21.5 Å². The lowest BCUT2D eigenvalue weighted by Crippen LogP contribution is -2.27. The molecule has 1 heterocycles. The van der Waals surface area contributed by atoms with Crippen molar-refractivity contribution in [2.45, 2.75) is 6.18 Å². The van der Waals surface area contributed by atoms with Crippen LogP contribution in [-0.4, -0.2) is 22.7 Å². The van der Waals surface area contributed by atoms with Gasteiger partial charge in [-0.1, -0.05) is 48.2 Å². The van der Waals surface area contributed by atoms with Gasteiger partial charge in [-0.2, -0.15) is 13.2 Å². The summed E-state index contributed by atoms with van der Waals surface area (Å²) in [4.78, 5) is 25.0. The molecule has 0 aliphatic carbocycles. The molecule has 150 valence electrons. The van der Waals surface area contributed by atoms with Crippen LogP contribution in [0.3, 0.4) is 0 Å². The van der Waals surface area contributed by atoms with Crippen LogP contribution in [-0.2, 0) is 15.8 Å². The molecule has 2 N–H and O–H groups in total. The number of carbonyl (C=O) groups is 2. The molecule has 1 aliphatic rings. The van der Waals surface area contributed by atoms with Gasteiger partial charge >= 0.3 is 6.18 Å². The Bertz CT molecular complexity index is 1020. The van der Waals surface area contributed by atoms with Crippen LogP contribution in [0.15, 0.2) is 53.4 Å². The molecule has 3 rings (SSSR count). The fraction of sp³-hybridized carbons (Fsp3) is 0.105. The lowest BCUT2D eigenvalue weighted by Gasteiger charge is -2.16. The molecule has 2 aromatic carbocycles. The van der Waals surface area contributed by atoms with Gasteiger partial charge in [0.15, 0.2) is 10.9 Å². The van der Waals surface area contributed by atoms with Crippen molar-refractivity contribution in [3.8, 4) is 5.75 Å². The third-order valence-corrected chi connectivity index (χ3v) is 5.10. The summed E-state index contributed by atoms with van der Waals surface area (Å²) in [5.74, 6) is -0.879. The summed E-state index contributed by atoms with van der Waals surface area (Å²) in [5.41, 5.74) is 4.73. The Kier molecular flexibility index (Phi) is 5.94.